The van der Waals surface area contributed by atoms with E-state index in [2.05, 4.69) is 40.5 Å². The molecule has 12 nitrogen and oxygen atoms in total. The molecule has 27 heavy (non-hydrogen) atoms. The van der Waals surface area contributed by atoms with Crippen molar-refractivity contribution in [1.82, 2.24) is 29.9 Å². The summed E-state index contributed by atoms with van der Waals surface area (Å²) in [6, 6.07) is 0. The highest BCUT2D eigenvalue weighted by molar-refractivity contribution is 5.89. The van der Waals surface area contributed by atoms with Crippen molar-refractivity contribution in [3.63, 3.8) is 0 Å². The standard InChI is InChI=1S/C7H11N3O.C4H5N3O.C4H4N2O2/c1-2-3-7(11)10-6-4-8-5-9-6;8-3-7-4-1-5-2-6-4;7-4(8)3-5-1-2-6-3/h4-5H,2-3H2,1H3,(H,8,9)(H,10,11);1-3H,(H,5,6)(H,7,8);1-2H,(H,5,6)(H,7,8). The zero-order valence-electron chi connectivity index (χ0n) is 14.5. The molecular weight excluding hydrogens is 356 g/mol. The molecule has 0 bridgehead atoms. The second-order valence-electron chi connectivity index (χ2n) is 4.72. The van der Waals surface area contributed by atoms with Gasteiger partial charge in [0, 0.05) is 25.0 Å². The van der Waals surface area contributed by atoms with Gasteiger partial charge in [-0.25, -0.2) is 19.7 Å². The fourth-order valence-corrected chi connectivity index (χ4v) is 1.55. The molecule has 0 aliphatic heterocycles. The van der Waals surface area contributed by atoms with Gasteiger partial charge in [-0.15, -0.1) is 0 Å². The molecule has 6 N–H and O–H groups in total. The van der Waals surface area contributed by atoms with E-state index in [0.717, 1.165) is 6.42 Å². The van der Waals surface area contributed by atoms with Crippen LogP contribution in [0.1, 0.15) is 30.4 Å². The van der Waals surface area contributed by atoms with Crippen LogP contribution in [-0.4, -0.2) is 53.3 Å². The SMILES string of the molecule is CCCC(=O)Nc1cnc[nH]1.O=C(O)c1ncc[nH]1.O=CNc1c[nH]cn1. The van der Waals surface area contributed by atoms with Crippen molar-refractivity contribution in [2.75, 3.05) is 10.6 Å². The summed E-state index contributed by atoms with van der Waals surface area (Å²) >= 11 is 0. The Balaban J connectivity index is 0.000000206. The molecule has 0 fully saturated rings. The number of nitrogens with one attached hydrogen (secondary N) is 5. The maximum Gasteiger partial charge on any atom is 0.371 e. The molecule has 0 saturated carbocycles. The van der Waals surface area contributed by atoms with E-state index in [1.165, 1.54) is 25.0 Å². The number of carboxylic acid groups (broad SMARTS) is 1. The fourth-order valence-electron chi connectivity index (χ4n) is 1.55. The second-order valence-corrected chi connectivity index (χ2v) is 4.72. The van der Waals surface area contributed by atoms with E-state index in [1.807, 2.05) is 6.92 Å². The van der Waals surface area contributed by atoms with Crippen molar-refractivity contribution < 1.29 is 19.5 Å². The van der Waals surface area contributed by atoms with Crippen LogP contribution in [0, 0.1) is 0 Å². The van der Waals surface area contributed by atoms with Crippen LogP contribution in [0.5, 0.6) is 0 Å². The molecule has 2 amide bonds. The van der Waals surface area contributed by atoms with Crippen molar-refractivity contribution in [3.8, 4) is 0 Å². The van der Waals surface area contributed by atoms with Crippen LogP contribution >= 0.6 is 0 Å². The Bertz CT molecular complexity index is 769. The lowest BCUT2D eigenvalue weighted by Gasteiger charge is -1.98. The van der Waals surface area contributed by atoms with Gasteiger partial charge in [-0.3, -0.25) is 9.59 Å². The zero-order chi connectivity index (χ0) is 19.9. The summed E-state index contributed by atoms with van der Waals surface area (Å²) in [5.74, 6) is 0.167. The molecule has 0 spiro atoms. The van der Waals surface area contributed by atoms with E-state index in [0.29, 0.717) is 24.5 Å². The van der Waals surface area contributed by atoms with Gasteiger partial charge in [-0.1, -0.05) is 6.92 Å². The predicted octanol–water partition coefficient (Wildman–Crippen LogP) is 1.23. The molecule has 0 aromatic carbocycles. The summed E-state index contributed by atoms with van der Waals surface area (Å²) < 4.78 is 0. The van der Waals surface area contributed by atoms with Gasteiger partial charge in [0.2, 0.25) is 18.1 Å². The molecule has 0 atom stereocenters. The average molecular weight is 376 g/mol. The summed E-state index contributed by atoms with van der Waals surface area (Å²) in [5, 5.41) is 13.2. The number of aromatic amines is 3. The smallest absolute Gasteiger partial charge is 0.371 e. The minimum Gasteiger partial charge on any atom is -0.475 e. The zero-order valence-corrected chi connectivity index (χ0v) is 14.5. The number of anilines is 2. The van der Waals surface area contributed by atoms with Gasteiger partial charge in [-0.2, -0.15) is 0 Å². The molecule has 144 valence electrons. The minimum absolute atomic E-state index is 0.0231. The van der Waals surface area contributed by atoms with Crippen molar-refractivity contribution in [1.29, 1.82) is 0 Å². The monoisotopic (exact) mass is 376 g/mol. The number of aromatic nitrogens is 6. The topological polar surface area (TPSA) is 182 Å². The third-order valence-electron chi connectivity index (χ3n) is 2.66. The van der Waals surface area contributed by atoms with Crippen molar-refractivity contribution >= 4 is 29.9 Å². The van der Waals surface area contributed by atoms with Crippen LogP contribution in [0.15, 0.2) is 37.4 Å². The summed E-state index contributed by atoms with van der Waals surface area (Å²) in [4.78, 5) is 49.5. The van der Waals surface area contributed by atoms with Gasteiger partial charge in [-0.05, 0) is 6.42 Å². The van der Waals surface area contributed by atoms with Crippen LogP contribution in [0.4, 0.5) is 11.6 Å². The number of carbonyl (C=O) groups excluding carboxylic acids is 2. The summed E-state index contributed by atoms with van der Waals surface area (Å²) in [6.07, 6.45) is 11.0. The molecular formula is C15H20N8O4. The Kier molecular flexibility index (Phi) is 9.69. The van der Waals surface area contributed by atoms with Crippen molar-refractivity contribution in [3.05, 3.63) is 43.3 Å². The third kappa shape index (κ3) is 9.19. The number of nitrogens with zero attached hydrogens (tertiary/aromatic N) is 3. The van der Waals surface area contributed by atoms with Gasteiger partial charge >= 0.3 is 5.97 Å². The first kappa shape index (κ1) is 21.1. The predicted molar refractivity (Wildman–Crippen MR) is 95.9 cm³/mol. The molecule has 0 unspecified atom stereocenters. The fraction of sp³-hybridized carbons (Fsp3) is 0.200. The van der Waals surface area contributed by atoms with E-state index >= 15 is 0 Å². The number of amides is 2. The highest BCUT2D eigenvalue weighted by atomic mass is 16.4. The molecule has 3 rings (SSSR count). The molecule has 3 aromatic rings. The second kappa shape index (κ2) is 12.4. The number of carboxylic acids is 1. The first-order chi connectivity index (χ1) is 13.1. The first-order valence-electron chi connectivity index (χ1n) is 7.76. The van der Waals surface area contributed by atoms with Gasteiger partial charge in [0.1, 0.15) is 11.6 Å². The number of carbonyl (C=O) groups is 3. The highest BCUT2D eigenvalue weighted by Crippen LogP contribution is 1.99. The number of hydrogen-bond donors (Lipinski definition) is 6. The Morgan fingerprint density at radius 1 is 1.26 bits per heavy atom. The maximum absolute atomic E-state index is 11.0. The number of aromatic carboxylic acids is 1. The highest BCUT2D eigenvalue weighted by Gasteiger charge is 2.01. The van der Waals surface area contributed by atoms with Crippen LogP contribution in [0.3, 0.4) is 0 Å². The third-order valence-corrected chi connectivity index (χ3v) is 2.66. The Morgan fingerprint density at radius 3 is 2.52 bits per heavy atom. The number of hydrogen-bond acceptors (Lipinski definition) is 6. The van der Waals surface area contributed by atoms with Crippen LogP contribution in [-0.2, 0) is 9.59 Å². The Morgan fingerprint density at radius 2 is 2.07 bits per heavy atom. The number of imidazole rings is 3. The lowest BCUT2D eigenvalue weighted by atomic mass is 10.3. The average Bonchev–Trinajstić information content (AvgIpc) is 3.40. The maximum atomic E-state index is 11.0. The summed E-state index contributed by atoms with van der Waals surface area (Å²) in [7, 11) is 0. The molecule has 0 aliphatic carbocycles. The van der Waals surface area contributed by atoms with E-state index in [9.17, 15) is 14.4 Å². The number of rotatable bonds is 6. The minimum atomic E-state index is -1.03. The molecule has 0 aliphatic rings. The molecule has 3 aromatic heterocycles. The molecule has 12 heteroatoms. The van der Waals surface area contributed by atoms with E-state index in [1.54, 1.807) is 12.4 Å². The molecule has 3 heterocycles. The van der Waals surface area contributed by atoms with Gasteiger partial charge < -0.3 is 30.7 Å². The van der Waals surface area contributed by atoms with Crippen molar-refractivity contribution in [2.45, 2.75) is 19.8 Å². The summed E-state index contributed by atoms with van der Waals surface area (Å²) in [5.41, 5.74) is 0. The Labute approximate surface area is 153 Å². The first-order valence-corrected chi connectivity index (χ1v) is 7.76. The van der Waals surface area contributed by atoms with Crippen molar-refractivity contribution in [2.24, 2.45) is 0 Å². The summed E-state index contributed by atoms with van der Waals surface area (Å²) in [6.45, 7) is 1.96. The van der Waals surface area contributed by atoms with E-state index in [-0.39, 0.29) is 11.7 Å². The van der Waals surface area contributed by atoms with Crippen LogP contribution in [0.25, 0.3) is 0 Å². The normalized spacial score (nSPS) is 9.07. The lowest BCUT2D eigenvalue weighted by molar-refractivity contribution is -0.116. The van der Waals surface area contributed by atoms with E-state index in [4.69, 9.17) is 5.11 Å². The van der Waals surface area contributed by atoms with Gasteiger partial charge in [0.25, 0.3) is 0 Å². The van der Waals surface area contributed by atoms with E-state index < -0.39 is 5.97 Å². The van der Waals surface area contributed by atoms with Crippen LogP contribution < -0.4 is 10.6 Å². The van der Waals surface area contributed by atoms with Gasteiger partial charge in [0.15, 0.2) is 0 Å². The van der Waals surface area contributed by atoms with Crippen LogP contribution in [0.2, 0.25) is 0 Å². The quantitative estimate of drug-likeness (QED) is 0.350. The molecule has 0 radical (unpaired) electrons. The largest absolute Gasteiger partial charge is 0.475 e. The Hall–Kier alpha value is -3.96. The van der Waals surface area contributed by atoms with Gasteiger partial charge in [0.05, 0.1) is 18.9 Å². The molecule has 0 saturated heterocycles. The number of H-pyrrole nitrogens is 3. The lowest BCUT2D eigenvalue weighted by Crippen LogP contribution is -2.10.